The number of aromatic nitrogens is 1. The number of anilines is 1. The summed E-state index contributed by atoms with van der Waals surface area (Å²) in [5.41, 5.74) is 0. The molecule has 0 aliphatic carbocycles. The standard InChI is InChI=1S/C12H14N4O2/c17-11-7-14-12(18)16(11)9-4-6-15(8-9)10-3-1-2-5-13-10/h1-3,5,9H,4,6-8H2,(H,14,18). The Morgan fingerprint density at radius 3 is 2.89 bits per heavy atom. The van der Waals surface area contributed by atoms with Gasteiger partial charge < -0.3 is 10.2 Å². The van der Waals surface area contributed by atoms with Gasteiger partial charge in [0.2, 0.25) is 5.91 Å². The third-order valence-electron chi connectivity index (χ3n) is 3.38. The first-order valence-electron chi connectivity index (χ1n) is 6.01. The highest BCUT2D eigenvalue weighted by Gasteiger charge is 2.38. The van der Waals surface area contributed by atoms with Crippen molar-refractivity contribution in [3.05, 3.63) is 24.4 Å². The summed E-state index contributed by atoms with van der Waals surface area (Å²) in [7, 11) is 0. The average Bonchev–Trinajstić information content (AvgIpc) is 2.98. The molecule has 1 N–H and O–H groups in total. The molecular formula is C12H14N4O2. The molecule has 2 fully saturated rings. The molecule has 1 aromatic rings. The fraction of sp³-hybridized carbons (Fsp3) is 0.417. The van der Waals surface area contributed by atoms with Crippen molar-refractivity contribution in [3.8, 4) is 0 Å². The molecule has 2 aliphatic heterocycles. The van der Waals surface area contributed by atoms with Crippen LogP contribution in [0, 0.1) is 0 Å². The third-order valence-corrected chi connectivity index (χ3v) is 3.38. The molecule has 94 valence electrons. The fourth-order valence-corrected chi connectivity index (χ4v) is 2.51. The van der Waals surface area contributed by atoms with E-state index in [-0.39, 0.29) is 24.5 Å². The van der Waals surface area contributed by atoms with Crippen LogP contribution in [-0.4, -0.2) is 47.5 Å². The van der Waals surface area contributed by atoms with Crippen molar-refractivity contribution >= 4 is 17.8 Å². The summed E-state index contributed by atoms with van der Waals surface area (Å²) in [4.78, 5) is 30.9. The minimum Gasteiger partial charge on any atom is -0.354 e. The molecule has 2 aliphatic rings. The van der Waals surface area contributed by atoms with Crippen molar-refractivity contribution in [1.29, 1.82) is 0 Å². The lowest BCUT2D eigenvalue weighted by molar-refractivity contribution is -0.126. The summed E-state index contributed by atoms with van der Waals surface area (Å²) in [6, 6.07) is 5.43. The summed E-state index contributed by atoms with van der Waals surface area (Å²) in [5.74, 6) is 0.764. The van der Waals surface area contributed by atoms with Crippen LogP contribution in [0.3, 0.4) is 0 Å². The second-order valence-corrected chi connectivity index (χ2v) is 4.50. The van der Waals surface area contributed by atoms with Gasteiger partial charge in [0.05, 0.1) is 12.6 Å². The maximum absolute atomic E-state index is 11.6. The van der Waals surface area contributed by atoms with Crippen molar-refractivity contribution < 1.29 is 9.59 Å². The maximum atomic E-state index is 11.6. The Bertz CT molecular complexity index is 460. The number of carbonyl (C=O) groups is 2. The van der Waals surface area contributed by atoms with Gasteiger partial charge in [-0.2, -0.15) is 0 Å². The van der Waals surface area contributed by atoms with Gasteiger partial charge in [-0.1, -0.05) is 6.07 Å². The van der Waals surface area contributed by atoms with Crippen molar-refractivity contribution in [2.45, 2.75) is 12.5 Å². The van der Waals surface area contributed by atoms with Crippen LogP contribution in [0.15, 0.2) is 24.4 Å². The number of hydrogen-bond acceptors (Lipinski definition) is 4. The van der Waals surface area contributed by atoms with Gasteiger partial charge in [0.25, 0.3) is 0 Å². The van der Waals surface area contributed by atoms with Crippen LogP contribution in [0.2, 0.25) is 0 Å². The van der Waals surface area contributed by atoms with E-state index in [0.29, 0.717) is 6.54 Å². The fourth-order valence-electron chi connectivity index (χ4n) is 2.51. The molecular weight excluding hydrogens is 232 g/mol. The normalized spacial score (nSPS) is 23.7. The Morgan fingerprint density at radius 1 is 1.33 bits per heavy atom. The van der Waals surface area contributed by atoms with Gasteiger partial charge >= 0.3 is 6.03 Å². The van der Waals surface area contributed by atoms with Crippen LogP contribution in [0.1, 0.15) is 6.42 Å². The Morgan fingerprint density at radius 2 is 2.22 bits per heavy atom. The van der Waals surface area contributed by atoms with Crippen LogP contribution < -0.4 is 10.2 Å². The van der Waals surface area contributed by atoms with E-state index in [9.17, 15) is 9.59 Å². The predicted molar refractivity (Wildman–Crippen MR) is 65.1 cm³/mol. The second-order valence-electron chi connectivity index (χ2n) is 4.50. The van der Waals surface area contributed by atoms with Crippen molar-refractivity contribution in [3.63, 3.8) is 0 Å². The van der Waals surface area contributed by atoms with Crippen LogP contribution >= 0.6 is 0 Å². The predicted octanol–water partition coefficient (Wildman–Crippen LogP) is 0.212. The van der Waals surface area contributed by atoms with Gasteiger partial charge in [0.1, 0.15) is 5.82 Å². The van der Waals surface area contributed by atoms with Gasteiger partial charge in [0.15, 0.2) is 0 Å². The van der Waals surface area contributed by atoms with E-state index in [1.165, 1.54) is 4.90 Å². The molecule has 3 rings (SSSR count). The average molecular weight is 246 g/mol. The zero-order valence-electron chi connectivity index (χ0n) is 9.87. The molecule has 1 atom stereocenters. The SMILES string of the molecule is O=C1CNC(=O)N1C1CCN(c2ccccn2)C1. The van der Waals surface area contributed by atoms with Gasteiger partial charge in [0, 0.05) is 19.3 Å². The number of amides is 3. The third kappa shape index (κ3) is 1.79. The second kappa shape index (κ2) is 4.29. The number of imide groups is 1. The number of nitrogens with one attached hydrogen (secondary N) is 1. The molecule has 0 bridgehead atoms. The minimum atomic E-state index is -0.270. The molecule has 0 aromatic carbocycles. The summed E-state index contributed by atoms with van der Waals surface area (Å²) >= 11 is 0. The first-order chi connectivity index (χ1) is 8.75. The molecule has 0 spiro atoms. The molecule has 0 saturated carbocycles. The number of pyridine rings is 1. The highest BCUT2D eigenvalue weighted by molar-refractivity contribution is 6.02. The van der Waals surface area contributed by atoms with Crippen LogP contribution in [0.5, 0.6) is 0 Å². The Balaban J connectivity index is 1.72. The van der Waals surface area contributed by atoms with Gasteiger partial charge in [-0.3, -0.25) is 9.69 Å². The molecule has 18 heavy (non-hydrogen) atoms. The quantitative estimate of drug-likeness (QED) is 0.758. The van der Waals surface area contributed by atoms with Gasteiger partial charge in [-0.25, -0.2) is 9.78 Å². The number of urea groups is 1. The summed E-state index contributed by atoms with van der Waals surface area (Å²) < 4.78 is 0. The smallest absolute Gasteiger partial charge is 0.324 e. The van der Waals surface area contributed by atoms with Crippen molar-refractivity contribution in [1.82, 2.24) is 15.2 Å². The number of nitrogens with zero attached hydrogens (tertiary/aromatic N) is 3. The molecule has 6 nitrogen and oxygen atoms in total. The van der Waals surface area contributed by atoms with E-state index in [2.05, 4.69) is 15.2 Å². The summed E-state index contributed by atoms with van der Waals surface area (Å²) in [6.07, 6.45) is 2.55. The van der Waals surface area contributed by atoms with E-state index < -0.39 is 0 Å². The topological polar surface area (TPSA) is 65.5 Å². The maximum Gasteiger partial charge on any atom is 0.324 e. The summed E-state index contributed by atoms with van der Waals surface area (Å²) in [5, 5.41) is 2.55. The lowest BCUT2D eigenvalue weighted by Crippen LogP contribution is -2.42. The van der Waals surface area contributed by atoms with E-state index in [1.807, 2.05) is 18.2 Å². The molecule has 6 heteroatoms. The first kappa shape index (κ1) is 11.0. The van der Waals surface area contributed by atoms with Crippen molar-refractivity contribution in [2.75, 3.05) is 24.5 Å². The molecule has 3 heterocycles. The van der Waals surface area contributed by atoms with E-state index in [0.717, 1.165) is 18.8 Å². The monoisotopic (exact) mass is 246 g/mol. The van der Waals surface area contributed by atoms with Crippen LogP contribution in [0.25, 0.3) is 0 Å². The lowest BCUT2D eigenvalue weighted by Gasteiger charge is -2.21. The van der Waals surface area contributed by atoms with E-state index >= 15 is 0 Å². The Hall–Kier alpha value is -2.11. The minimum absolute atomic E-state index is 0.0398. The lowest BCUT2D eigenvalue weighted by atomic mass is 10.2. The van der Waals surface area contributed by atoms with Crippen LogP contribution in [-0.2, 0) is 4.79 Å². The molecule has 3 amide bonds. The Labute approximate surface area is 105 Å². The number of rotatable bonds is 2. The van der Waals surface area contributed by atoms with Crippen molar-refractivity contribution in [2.24, 2.45) is 0 Å². The zero-order chi connectivity index (χ0) is 12.5. The number of hydrogen-bond donors (Lipinski definition) is 1. The molecule has 2 saturated heterocycles. The largest absolute Gasteiger partial charge is 0.354 e. The molecule has 1 unspecified atom stereocenters. The Kier molecular flexibility index (Phi) is 2.62. The molecule has 1 aromatic heterocycles. The highest BCUT2D eigenvalue weighted by atomic mass is 16.2. The van der Waals surface area contributed by atoms with Gasteiger partial charge in [-0.05, 0) is 18.6 Å². The summed E-state index contributed by atoms with van der Waals surface area (Å²) in [6.45, 7) is 1.60. The molecule has 0 radical (unpaired) electrons. The van der Waals surface area contributed by atoms with Crippen LogP contribution in [0.4, 0.5) is 10.6 Å². The first-order valence-corrected chi connectivity index (χ1v) is 6.01. The van der Waals surface area contributed by atoms with E-state index in [1.54, 1.807) is 6.20 Å². The van der Waals surface area contributed by atoms with Gasteiger partial charge in [-0.15, -0.1) is 0 Å². The van der Waals surface area contributed by atoms with E-state index in [4.69, 9.17) is 0 Å². The highest BCUT2D eigenvalue weighted by Crippen LogP contribution is 2.22. The zero-order valence-corrected chi connectivity index (χ0v) is 9.87. The number of carbonyl (C=O) groups excluding carboxylic acids is 2.